The fourth-order valence-electron chi connectivity index (χ4n) is 1.87. The van der Waals surface area contributed by atoms with Crippen LogP contribution >= 0.6 is 0 Å². The normalized spacial score (nSPS) is 13.1. The summed E-state index contributed by atoms with van der Waals surface area (Å²) in [5.74, 6) is -1.19. The van der Waals surface area contributed by atoms with Gasteiger partial charge in [-0.05, 0) is 26.3 Å². The highest BCUT2D eigenvalue weighted by molar-refractivity contribution is 7.89. The monoisotopic (exact) mass is 313 g/mol. The highest BCUT2D eigenvalue weighted by atomic mass is 32.2. The molecule has 0 aromatic carbocycles. The van der Waals surface area contributed by atoms with E-state index in [1.165, 1.54) is 10.8 Å². The molecule has 7 nitrogen and oxygen atoms in total. The van der Waals surface area contributed by atoms with Crippen LogP contribution in [0.2, 0.25) is 0 Å². The van der Waals surface area contributed by atoms with E-state index in [-0.39, 0.29) is 23.1 Å². The molecule has 0 amide bonds. The maximum atomic E-state index is 12.3. The van der Waals surface area contributed by atoms with Crippen molar-refractivity contribution in [3.63, 3.8) is 0 Å². The van der Waals surface area contributed by atoms with Crippen LogP contribution in [0, 0.1) is 11.3 Å². The number of nitriles is 1. The van der Waals surface area contributed by atoms with E-state index in [1.54, 1.807) is 20.8 Å². The molecule has 1 rings (SSSR count). The van der Waals surface area contributed by atoms with Crippen LogP contribution in [0.5, 0.6) is 0 Å². The van der Waals surface area contributed by atoms with Gasteiger partial charge in [-0.2, -0.15) is 5.26 Å². The summed E-state index contributed by atoms with van der Waals surface area (Å²) in [5, 5.41) is 17.8. The molecule has 1 aromatic rings. The summed E-state index contributed by atoms with van der Waals surface area (Å²) < 4.78 is 28.3. The second-order valence-corrected chi connectivity index (χ2v) is 6.67. The van der Waals surface area contributed by atoms with E-state index in [0.717, 1.165) is 6.07 Å². The number of carboxylic acids is 1. The van der Waals surface area contributed by atoms with Crippen molar-refractivity contribution in [2.75, 3.05) is 0 Å². The van der Waals surface area contributed by atoms with Crippen LogP contribution < -0.4 is 4.72 Å². The molecule has 0 aliphatic heterocycles. The molecule has 1 unspecified atom stereocenters. The molecule has 2 N–H and O–H groups in total. The maximum Gasteiger partial charge on any atom is 0.352 e. The Morgan fingerprint density at radius 1 is 1.52 bits per heavy atom. The fourth-order valence-corrected chi connectivity index (χ4v) is 3.21. The first-order chi connectivity index (χ1) is 9.72. The average molecular weight is 313 g/mol. The molecule has 0 bridgehead atoms. The van der Waals surface area contributed by atoms with Crippen molar-refractivity contribution in [2.24, 2.45) is 0 Å². The molecule has 21 heavy (non-hydrogen) atoms. The molecule has 0 aliphatic rings. The van der Waals surface area contributed by atoms with Crippen LogP contribution in [0.1, 0.15) is 50.1 Å². The van der Waals surface area contributed by atoms with Crippen molar-refractivity contribution < 1.29 is 18.3 Å². The summed E-state index contributed by atoms with van der Waals surface area (Å²) in [5.41, 5.74) is -0.0845. The van der Waals surface area contributed by atoms with Gasteiger partial charge < -0.3 is 9.67 Å². The van der Waals surface area contributed by atoms with E-state index in [0.29, 0.717) is 6.42 Å². The predicted octanol–water partition coefficient (Wildman–Crippen LogP) is 1.74. The van der Waals surface area contributed by atoms with Crippen LogP contribution in [-0.2, 0) is 10.0 Å². The fraction of sp³-hybridized carbons (Fsp3) is 0.538. The SMILES string of the molecule is CCC(CC#N)NS(=O)(=O)c1cc(C(=O)O)n(C(C)C)c1. The largest absolute Gasteiger partial charge is 0.477 e. The van der Waals surface area contributed by atoms with Gasteiger partial charge in [-0.3, -0.25) is 0 Å². The summed E-state index contributed by atoms with van der Waals surface area (Å²) in [4.78, 5) is 11.1. The summed E-state index contributed by atoms with van der Waals surface area (Å²) >= 11 is 0. The van der Waals surface area contributed by atoms with E-state index in [1.807, 2.05) is 6.07 Å². The summed E-state index contributed by atoms with van der Waals surface area (Å²) in [6, 6.07) is 2.38. The zero-order valence-electron chi connectivity index (χ0n) is 12.2. The van der Waals surface area contributed by atoms with Gasteiger partial charge in [0.15, 0.2) is 0 Å². The second-order valence-electron chi connectivity index (χ2n) is 4.96. The van der Waals surface area contributed by atoms with Gasteiger partial charge >= 0.3 is 5.97 Å². The molecular weight excluding hydrogens is 294 g/mol. The molecule has 116 valence electrons. The van der Waals surface area contributed by atoms with Gasteiger partial charge in [-0.15, -0.1) is 0 Å². The summed E-state index contributed by atoms with van der Waals surface area (Å²) in [6.07, 6.45) is 1.84. The van der Waals surface area contributed by atoms with E-state index in [9.17, 15) is 13.2 Å². The van der Waals surface area contributed by atoms with Crippen LogP contribution in [0.15, 0.2) is 17.2 Å². The Labute approximate surface area is 124 Å². The minimum atomic E-state index is -3.85. The molecule has 0 aliphatic carbocycles. The van der Waals surface area contributed by atoms with Gasteiger partial charge in [0.05, 0.1) is 12.5 Å². The average Bonchev–Trinajstić information content (AvgIpc) is 2.84. The van der Waals surface area contributed by atoms with Crippen molar-refractivity contribution in [1.82, 2.24) is 9.29 Å². The molecule has 0 saturated carbocycles. The first kappa shape index (κ1) is 17.2. The van der Waals surface area contributed by atoms with E-state index in [4.69, 9.17) is 10.4 Å². The van der Waals surface area contributed by atoms with Crippen molar-refractivity contribution >= 4 is 16.0 Å². The highest BCUT2D eigenvalue weighted by Crippen LogP contribution is 2.19. The zero-order chi connectivity index (χ0) is 16.2. The molecule has 1 atom stereocenters. The Kier molecular flexibility index (Phi) is 5.52. The number of aromatic nitrogens is 1. The van der Waals surface area contributed by atoms with E-state index < -0.39 is 22.0 Å². The van der Waals surface area contributed by atoms with Crippen molar-refractivity contribution in [2.45, 2.75) is 50.6 Å². The first-order valence-corrected chi connectivity index (χ1v) is 8.05. The van der Waals surface area contributed by atoms with E-state index >= 15 is 0 Å². The minimum Gasteiger partial charge on any atom is -0.477 e. The lowest BCUT2D eigenvalue weighted by Crippen LogP contribution is -2.33. The Morgan fingerprint density at radius 3 is 2.52 bits per heavy atom. The number of nitrogens with one attached hydrogen (secondary N) is 1. The quantitative estimate of drug-likeness (QED) is 0.796. The minimum absolute atomic E-state index is 0.0619. The smallest absolute Gasteiger partial charge is 0.352 e. The zero-order valence-corrected chi connectivity index (χ0v) is 13.0. The highest BCUT2D eigenvalue weighted by Gasteiger charge is 2.24. The number of hydrogen-bond donors (Lipinski definition) is 2. The number of carbonyl (C=O) groups is 1. The van der Waals surface area contributed by atoms with Gasteiger partial charge in [0, 0.05) is 18.3 Å². The number of nitrogens with zero attached hydrogens (tertiary/aromatic N) is 2. The van der Waals surface area contributed by atoms with Crippen molar-refractivity contribution in [3.05, 3.63) is 18.0 Å². The third-order valence-electron chi connectivity index (χ3n) is 3.06. The van der Waals surface area contributed by atoms with Crippen LogP contribution in [0.3, 0.4) is 0 Å². The van der Waals surface area contributed by atoms with Crippen molar-refractivity contribution in [1.29, 1.82) is 5.26 Å². The Morgan fingerprint density at radius 2 is 2.14 bits per heavy atom. The number of rotatable bonds is 7. The Hall–Kier alpha value is -1.85. The van der Waals surface area contributed by atoms with Gasteiger partial charge in [-0.1, -0.05) is 6.92 Å². The number of hydrogen-bond acceptors (Lipinski definition) is 4. The molecule has 1 aromatic heterocycles. The third kappa shape index (κ3) is 4.06. The van der Waals surface area contributed by atoms with Gasteiger partial charge in [0.25, 0.3) is 0 Å². The molecule has 0 spiro atoms. The van der Waals surface area contributed by atoms with Crippen molar-refractivity contribution in [3.8, 4) is 6.07 Å². The second kappa shape index (κ2) is 6.74. The van der Waals surface area contributed by atoms with Gasteiger partial charge in [-0.25, -0.2) is 17.9 Å². The summed E-state index contributed by atoms with van der Waals surface area (Å²) in [6.45, 7) is 5.30. The van der Waals surface area contributed by atoms with Gasteiger partial charge in [0.2, 0.25) is 10.0 Å². The number of sulfonamides is 1. The van der Waals surface area contributed by atoms with E-state index in [2.05, 4.69) is 4.72 Å². The summed E-state index contributed by atoms with van der Waals surface area (Å²) in [7, 11) is -3.85. The molecule has 8 heteroatoms. The number of aromatic carboxylic acids is 1. The molecular formula is C13H19N3O4S. The van der Waals surface area contributed by atoms with Crippen LogP contribution in [0.4, 0.5) is 0 Å². The first-order valence-electron chi connectivity index (χ1n) is 6.57. The van der Waals surface area contributed by atoms with Crippen LogP contribution in [-0.4, -0.2) is 30.1 Å². The lowest BCUT2D eigenvalue weighted by atomic mass is 10.2. The molecule has 0 saturated heterocycles. The lowest BCUT2D eigenvalue weighted by molar-refractivity contribution is 0.0683. The lowest BCUT2D eigenvalue weighted by Gasteiger charge is -2.13. The molecule has 0 radical (unpaired) electrons. The van der Waals surface area contributed by atoms with Crippen LogP contribution in [0.25, 0.3) is 0 Å². The number of carboxylic acid groups (broad SMARTS) is 1. The topological polar surface area (TPSA) is 112 Å². The maximum absolute atomic E-state index is 12.3. The Bertz CT molecular complexity index is 655. The standard InChI is InChI=1S/C13H19N3O4S/c1-4-10(5-6-14)15-21(19,20)11-7-12(13(17)18)16(8-11)9(2)3/h7-10,15H,4-5H2,1-3H3,(H,17,18). The molecule has 1 heterocycles. The predicted molar refractivity (Wildman–Crippen MR) is 76.4 cm³/mol. The Balaban J connectivity index is 3.18. The third-order valence-corrected chi connectivity index (χ3v) is 4.55. The van der Waals surface area contributed by atoms with Gasteiger partial charge in [0.1, 0.15) is 10.6 Å². The molecule has 0 fully saturated rings.